The summed E-state index contributed by atoms with van der Waals surface area (Å²) in [6.07, 6.45) is 8.68. The smallest absolute Gasteiger partial charge is 0.224 e. The van der Waals surface area contributed by atoms with Crippen LogP contribution in [-0.4, -0.2) is 58.0 Å². The van der Waals surface area contributed by atoms with E-state index in [2.05, 4.69) is 43.1 Å². The molecule has 2 aromatic rings. The second-order valence-electron chi connectivity index (χ2n) is 8.31. The third-order valence-corrected chi connectivity index (χ3v) is 6.37. The molecule has 30 heavy (non-hydrogen) atoms. The number of amides is 1. The Bertz CT molecular complexity index is 821. The molecule has 0 aliphatic carbocycles. The van der Waals surface area contributed by atoms with Crippen LogP contribution in [0.2, 0.25) is 0 Å². The molecule has 2 aliphatic heterocycles. The molecular weight excluding hydrogens is 376 g/mol. The average molecular weight is 409 g/mol. The Hall–Kier alpha value is -2.54. The van der Waals surface area contributed by atoms with E-state index in [0.717, 1.165) is 75.5 Å². The summed E-state index contributed by atoms with van der Waals surface area (Å²) >= 11 is 0. The van der Waals surface area contributed by atoms with Crippen molar-refractivity contribution in [3.8, 4) is 0 Å². The van der Waals surface area contributed by atoms with Crippen molar-refractivity contribution in [3.63, 3.8) is 0 Å². The number of aromatic nitrogens is 3. The van der Waals surface area contributed by atoms with E-state index in [1.165, 1.54) is 0 Å². The Labute approximate surface area is 178 Å². The van der Waals surface area contributed by atoms with Gasteiger partial charge >= 0.3 is 0 Å². The highest BCUT2D eigenvalue weighted by Gasteiger charge is 2.31. The maximum atomic E-state index is 12.7. The summed E-state index contributed by atoms with van der Waals surface area (Å²) in [5, 5.41) is 3.08. The number of nitrogens with one attached hydrogen (secondary N) is 1. The minimum Gasteiger partial charge on any atom is -0.356 e. The van der Waals surface area contributed by atoms with E-state index in [4.69, 9.17) is 0 Å². The Morgan fingerprint density at radius 2 is 1.97 bits per heavy atom. The van der Waals surface area contributed by atoms with Gasteiger partial charge in [0.1, 0.15) is 12.1 Å². The third-order valence-electron chi connectivity index (χ3n) is 6.37. The molecule has 1 unspecified atom stereocenters. The lowest BCUT2D eigenvalue weighted by Crippen LogP contribution is -2.51. The quantitative estimate of drug-likeness (QED) is 0.791. The predicted molar refractivity (Wildman–Crippen MR) is 117 cm³/mol. The monoisotopic (exact) mass is 408 g/mol. The molecule has 7 heteroatoms. The highest BCUT2D eigenvalue weighted by molar-refractivity contribution is 5.78. The number of carbonyl (C=O) groups is 1. The zero-order valence-corrected chi connectivity index (χ0v) is 17.8. The van der Waals surface area contributed by atoms with E-state index in [-0.39, 0.29) is 11.8 Å². The summed E-state index contributed by atoms with van der Waals surface area (Å²) < 4.78 is 0. The van der Waals surface area contributed by atoms with Crippen LogP contribution < -0.4 is 10.2 Å². The minimum atomic E-state index is 0.0782. The van der Waals surface area contributed by atoms with Crippen LogP contribution in [0.3, 0.4) is 0 Å². The highest BCUT2D eigenvalue weighted by Crippen LogP contribution is 2.26. The first-order valence-electron chi connectivity index (χ1n) is 11.2. The molecule has 0 aromatic carbocycles. The van der Waals surface area contributed by atoms with Crippen LogP contribution in [-0.2, 0) is 17.8 Å². The fourth-order valence-corrected chi connectivity index (χ4v) is 4.59. The summed E-state index contributed by atoms with van der Waals surface area (Å²) in [5.74, 6) is 1.29. The highest BCUT2D eigenvalue weighted by atomic mass is 16.1. The van der Waals surface area contributed by atoms with Crippen LogP contribution in [0.4, 0.5) is 5.82 Å². The fraction of sp³-hybridized carbons (Fsp3) is 0.565. The zero-order chi connectivity index (χ0) is 20.8. The number of likely N-dealkylation sites (tertiary alicyclic amines) is 1. The maximum absolute atomic E-state index is 12.7. The van der Waals surface area contributed by atoms with Crippen LogP contribution in [0.1, 0.15) is 44.0 Å². The summed E-state index contributed by atoms with van der Waals surface area (Å²) in [7, 11) is 0. The molecule has 160 valence electrons. The molecule has 1 amide bonds. The first-order valence-corrected chi connectivity index (χ1v) is 11.2. The Kier molecular flexibility index (Phi) is 6.89. The molecular formula is C23H32N6O. The van der Waals surface area contributed by atoms with Gasteiger partial charge in [0, 0.05) is 43.6 Å². The molecule has 4 heterocycles. The topological polar surface area (TPSA) is 74.2 Å². The lowest BCUT2D eigenvalue weighted by Gasteiger charge is -2.42. The van der Waals surface area contributed by atoms with Crippen LogP contribution >= 0.6 is 0 Å². The SMILES string of the molecule is CCc1cc(N2CCC(N3CCCC(C(=O)NCc4ccccn4)C3)CC2)ncn1. The molecule has 7 nitrogen and oxygen atoms in total. The summed E-state index contributed by atoms with van der Waals surface area (Å²) in [5.41, 5.74) is 2.00. The Morgan fingerprint density at radius 1 is 1.10 bits per heavy atom. The Morgan fingerprint density at radius 3 is 2.73 bits per heavy atom. The number of aryl methyl sites for hydroxylation is 1. The van der Waals surface area contributed by atoms with Gasteiger partial charge in [0.2, 0.25) is 5.91 Å². The summed E-state index contributed by atoms with van der Waals surface area (Å²) in [4.78, 5) is 30.7. The van der Waals surface area contributed by atoms with Gasteiger partial charge in [-0.3, -0.25) is 14.7 Å². The lowest BCUT2D eigenvalue weighted by molar-refractivity contribution is -0.127. The number of hydrogen-bond acceptors (Lipinski definition) is 6. The van der Waals surface area contributed by atoms with Gasteiger partial charge in [-0.1, -0.05) is 13.0 Å². The van der Waals surface area contributed by atoms with Gasteiger partial charge in [-0.2, -0.15) is 0 Å². The molecule has 2 aliphatic rings. The van der Waals surface area contributed by atoms with E-state index < -0.39 is 0 Å². The zero-order valence-electron chi connectivity index (χ0n) is 17.8. The fourth-order valence-electron chi connectivity index (χ4n) is 4.59. The number of anilines is 1. The second-order valence-corrected chi connectivity index (χ2v) is 8.31. The number of rotatable bonds is 6. The second kappa shape index (κ2) is 9.98. The molecule has 2 aromatic heterocycles. The van der Waals surface area contributed by atoms with Gasteiger partial charge in [0.05, 0.1) is 18.2 Å². The van der Waals surface area contributed by atoms with Crippen molar-refractivity contribution in [2.24, 2.45) is 5.92 Å². The lowest BCUT2D eigenvalue weighted by atomic mass is 9.93. The van der Waals surface area contributed by atoms with E-state index in [1.54, 1.807) is 12.5 Å². The van der Waals surface area contributed by atoms with Crippen LogP contribution in [0.25, 0.3) is 0 Å². The van der Waals surface area contributed by atoms with Gasteiger partial charge in [0.15, 0.2) is 0 Å². The van der Waals surface area contributed by atoms with Crippen molar-refractivity contribution in [3.05, 3.63) is 48.2 Å². The molecule has 1 atom stereocenters. The predicted octanol–water partition coefficient (Wildman–Crippen LogP) is 2.43. The Balaban J connectivity index is 1.27. The van der Waals surface area contributed by atoms with Crippen LogP contribution in [0.15, 0.2) is 36.8 Å². The van der Waals surface area contributed by atoms with Gasteiger partial charge in [0.25, 0.3) is 0 Å². The van der Waals surface area contributed by atoms with Crippen molar-refractivity contribution in [1.29, 1.82) is 0 Å². The molecule has 2 saturated heterocycles. The number of hydrogen-bond donors (Lipinski definition) is 1. The van der Waals surface area contributed by atoms with E-state index in [9.17, 15) is 4.79 Å². The van der Waals surface area contributed by atoms with Crippen molar-refractivity contribution in [1.82, 2.24) is 25.2 Å². The summed E-state index contributed by atoms with van der Waals surface area (Å²) in [6.45, 7) is 6.62. The third kappa shape index (κ3) is 5.14. The first-order chi connectivity index (χ1) is 14.7. The van der Waals surface area contributed by atoms with Crippen molar-refractivity contribution in [2.45, 2.75) is 51.6 Å². The number of pyridine rings is 1. The first kappa shape index (κ1) is 20.7. The largest absolute Gasteiger partial charge is 0.356 e. The number of nitrogens with zero attached hydrogens (tertiary/aromatic N) is 5. The van der Waals surface area contributed by atoms with Gasteiger partial charge in [-0.05, 0) is 50.8 Å². The van der Waals surface area contributed by atoms with Gasteiger partial charge < -0.3 is 10.2 Å². The molecule has 0 radical (unpaired) electrons. The van der Waals surface area contributed by atoms with E-state index in [0.29, 0.717) is 12.6 Å². The number of piperidine rings is 2. The molecule has 4 rings (SSSR count). The van der Waals surface area contributed by atoms with Crippen LogP contribution in [0, 0.1) is 5.92 Å². The number of carbonyl (C=O) groups excluding carboxylic acids is 1. The molecule has 1 N–H and O–H groups in total. The van der Waals surface area contributed by atoms with Crippen LogP contribution in [0.5, 0.6) is 0 Å². The van der Waals surface area contributed by atoms with Gasteiger partial charge in [-0.15, -0.1) is 0 Å². The van der Waals surface area contributed by atoms with Crippen molar-refractivity contribution in [2.75, 3.05) is 31.1 Å². The summed E-state index contributed by atoms with van der Waals surface area (Å²) in [6, 6.07) is 8.46. The van der Waals surface area contributed by atoms with Gasteiger partial charge in [-0.25, -0.2) is 9.97 Å². The normalized spacial score (nSPS) is 20.8. The molecule has 0 saturated carbocycles. The molecule has 0 bridgehead atoms. The van der Waals surface area contributed by atoms with E-state index in [1.807, 2.05) is 18.2 Å². The molecule has 0 spiro atoms. The van der Waals surface area contributed by atoms with E-state index >= 15 is 0 Å². The standard InChI is InChI=1S/C23H32N6O/c1-2-19-14-22(27-17-26-19)28-12-8-21(9-13-28)29-11-5-6-18(16-29)23(30)25-15-20-7-3-4-10-24-20/h3-4,7,10,14,17-18,21H,2,5-6,8-9,11-13,15-16H2,1H3,(H,25,30). The van der Waals surface area contributed by atoms with Crippen molar-refractivity contribution >= 4 is 11.7 Å². The molecule has 2 fully saturated rings. The minimum absolute atomic E-state index is 0.0782. The van der Waals surface area contributed by atoms with Crippen molar-refractivity contribution < 1.29 is 4.79 Å². The maximum Gasteiger partial charge on any atom is 0.224 e. The average Bonchev–Trinajstić information content (AvgIpc) is 2.83.